The van der Waals surface area contributed by atoms with Gasteiger partial charge in [0.2, 0.25) is 0 Å². The molecular weight excluding hydrogens is 476 g/mol. The normalized spacial score (nSPS) is 10.9. The van der Waals surface area contributed by atoms with Crippen LogP contribution >= 0.6 is 47.2 Å². The Morgan fingerprint density at radius 1 is 1.20 bits per heavy atom. The Morgan fingerprint density at radius 3 is 2.72 bits per heavy atom. The van der Waals surface area contributed by atoms with Gasteiger partial charge in [0.15, 0.2) is 5.96 Å². The summed E-state index contributed by atoms with van der Waals surface area (Å²) in [6.45, 7) is 1.27. The summed E-state index contributed by atoms with van der Waals surface area (Å²) in [5.74, 6) is 1.06. The summed E-state index contributed by atoms with van der Waals surface area (Å²) in [5.41, 5.74) is 7.53. The van der Waals surface area contributed by atoms with Crippen LogP contribution < -0.4 is 15.8 Å². The van der Waals surface area contributed by atoms with Crippen molar-refractivity contribution in [3.05, 3.63) is 58.1 Å². The van der Waals surface area contributed by atoms with Crippen molar-refractivity contribution in [3.63, 3.8) is 0 Å². The van der Waals surface area contributed by atoms with Crippen LogP contribution in [-0.4, -0.2) is 26.2 Å². The monoisotopic (exact) mass is 495 g/mol. The van der Waals surface area contributed by atoms with E-state index in [9.17, 15) is 0 Å². The van der Waals surface area contributed by atoms with Crippen LogP contribution in [0.4, 0.5) is 5.69 Å². The lowest BCUT2D eigenvalue weighted by Crippen LogP contribution is -2.23. The molecule has 0 amide bonds. The minimum Gasteiger partial charge on any atom is -0.497 e. The minimum atomic E-state index is 0. The first-order valence-corrected chi connectivity index (χ1v) is 8.07. The molecule has 0 saturated heterocycles. The smallest absolute Gasteiger partial charge is 0.193 e. The highest BCUT2D eigenvalue weighted by molar-refractivity contribution is 14.0. The third-order valence-corrected chi connectivity index (χ3v) is 3.72. The maximum absolute atomic E-state index is 6.08. The molecule has 136 valence electrons. The van der Waals surface area contributed by atoms with Crippen molar-refractivity contribution in [2.45, 2.75) is 6.61 Å². The predicted octanol–water partition coefficient (Wildman–Crippen LogP) is 4.56. The molecule has 0 radical (unpaired) electrons. The maximum atomic E-state index is 6.08. The molecule has 2 aromatic carbocycles. The van der Waals surface area contributed by atoms with Crippen LogP contribution in [0.15, 0.2) is 47.5 Å². The molecule has 25 heavy (non-hydrogen) atoms. The SMILES string of the molecule is COc1cccc(NC(N)=NCCOCc2ccc(Cl)cc2Cl)c1.I. The molecule has 0 bridgehead atoms. The van der Waals surface area contributed by atoms with E-state index in [1.807, 2.05) is 30.3 Å². The van der Waals surface area contributed by atoms with Crippen LogP contribution in [0.5, 0.6) is 5.75 Å². The predicted molar refractivity (Wildman–Crippen MR) is 115 cm³/mol. The van der Waals surface area contributed by atoms with Gasteiger partial charge in [0.1, 0.15) is 5.75 Å². The number of ether oxygens (including phenoxy) is 2. The van der Waals surface area contributed by atoms with E-state index in [-0.39, 0.29) is 24.0 Å². The van der Waals surface area contributed by atoms with E-state index in [1.54, 1.807) is 19.2 Å². The van der Waals surface area contributed by atoms with E-state index in [4.69, 9.17) is 38.4 Å². The third kappa shape index (κ3) is 7.68. The zero-order chi connectivity index (χ0) is 17.4. The van der Waals surface area contributed by atoms with Crippen LogP contribution in [0.1, 0.15) is 5.56 Å². The van der Waals surface area contributed by atoms with Gasteiger partial charge in [-0.25, -0.2) is 0 Å². The first-order valence-electron chi connectivity index (χ1n) is 7.31. The fourth-order valence-corrected chi connectivity index (χ4v) is 2.40. The summed E-state index contributed by atoms with van der Waals surface area (Å²) in [6, 6.07) is 12.7. The summed E-state index contributed by atoms with van der Waals surface area (Å²) in [7, 11) is 1.61. The summed E-state index contributed by atoms with van der Waals surface area (Å²) in [4.78, 5) is 4.21. The van der Waals surface area contributed by atoms with E-state index in [0.717, 1.165) is 17.0 Å². The number of methoxy groups -OCH3 is 1. The van der Waals surface area contributed by atoms with Gasteiger partial charge in [0, 0.05) is 21.8 Å². The van der Waals surface area contributed by atoms with Crippen LogP contribution in [0.2, 0.25) is 10.0 Å². The number of halogens is 3. The second-order valence-corrected chi connectivity index (χ2v) is 5.76. The maximum Gasteiger partial charge on any atom is 0.193 e. The lowest BCUT2D eigenvalue weighted by molar-refractivity contribution is 0.128. The number of guanidine groups is 1. The first-order chi connectivity index (χ1) is 11.6. The van der Waals surface area contributed by atoms with Gasteiger partial charge >= 0.3 is 0 Å². The van der Waals surface area contributed by atoms with Gasteiger partial charge in [0.25, 0.3) is 0 Å². The van der Waals surface area contributed by atoms with Crippen LogP contribution in [-0.2, 0) is 11.3 Å². The average molecular weight is 496 g/mol. The molecule has 0 heterocycles. The van der Waals surface area contributed by atoms with Gasteiger partial charge in [-0.3, -0.25) is 4.99 Å². The van der Waals surface area contributed by atoms with Crippen molar-refractivity contribution in [2.75, 3.05) is 25.6 Å². The Morgan fingerprint density at radius 2 is 2.00 bits per heavy atom. The summed E-state index contributed by atoms with van der Waals surface area (Å²) >= 11 is 11.9. The third-order valence-electron chi connectivity index (χ3n) is 3.13. The van der Waals surface area contributed by atoms with E-state index in [1.165, 1.54) is 0 Å². The highest BCUT2D eigenvalue weighted by Crippen LogP contribution is 2.21. The minimum absolute atomic E-state index is 0. The van der Waals surface area contributed by atoms with Crippen LogP contribution in [0.3, 0.4) is 0 Å². The lowest BCUT2D eigenvalue weighted by atomic mass is 10.2. The van der Waals surface area contributed by atoms with Crippen molar-refractivity contribution in [1.29, 1.82) is 0 Å². The van der Waals surface area contributed by atoms with Gasteiger partial charge in [-0.2, -0.15) is 0 Å². The average Bonchev–Trinajstić information content (AvgIpc) is 2.56. The zero-order valence-corrected chi connectivity index (χ0v) is 17.5. The molecule has 0 atom stereocenters. The number of hydrogen-bond donors (Lipinski definition) is 2. The molecule has 0 unspecified atom stereocenters. The fourth-order valence-electron chi connectivity index (χ4n) is 1.94. The van der Waals surface area contributed by atoms with Gasteiger partial charge < -0.3 is 20.5 Å². The molecule has 0 saturated carbocycles. The van der Waals surface area contributed by atoms with E-state index in [2.05, 4.69) is 10.3 Å². The zero-order valence-electron chi connectivity index (χ0n) is 13.7. The second-order valence-electron chi connectivity index (χ2n) is 4.91. The molecule has 0 aliphatic heterocycles. The lowest BCUT2D eigenvalue weighted by Gasteiger charge is -2.08. The first kappa shape index (κ1) is 21.8. The summed E-state index contributed by atoms with van der Waals surface area (Å²) in [5, 5.41) is 4.19. The van der Waals surface area contributed by atoms with Crippen molar-refractivity contribution in [2.24, 2.45) is 10.7 Å². The second kappa shape index (κ2) is 11.4. The van der Waals surface area contributed by atoms with Crippen molar-refractivity contribution >= 4 is 58.8 Å². The van der Waals surface area contributed by atoms with E-state index < -0.39 is 0 Å². The number of rotatable bonds is 7. The van der Waals surface area contributed by atoms with Crippen LogP contribution in [0, 0.1) is 0 Å². The summed E-state index contributed by atoms with van der Waals surface area (Å²) < 4.78 is 10.7. The van der Waals surface area contributed by atoms with Crippen LogP contribution in [0.25, 0.3) is 0 Å². The van der Waals surface area contributed by atoms with Gasteiger partial charge in [0.05, 0.1) is 26.9 Å². The van der Waals surface area contributed by atoms with Crippen molar-refractivity contribution in [1.82, 2.24) is 0 Å². The molecule has 3 N–H and O–H groups in total. The topological polar surface area (TPSA) is 68.9 Å². The molecule has 2 rings (SSSR count). The van der Waals surface area contributed by atoms with Crippen molar-refractivity contribution in [3.8, 4) is 5.75 Å². The molecule has 5 nitrogen and oxygen atoms in total. The molecule has 0 aliphatic carbocycles. The number of nitrogens with zero attached hydrogens (tertiary/aromatic N) is 1. The largest absolute Gasteiger partial charge is 0.497 e. The fraction of sp³-hybridized carbons (Fsp3) is 0.235. The molecule has 0 aromatic heterocycles. The highest BCUT2D eigenvalue weighted by atomic mass is 127. The molecule has 8 heteroatoms. The molecule has 2 aromatic rings. The Labute approximate surface area is 174 Å². The number of nitrogens with two attached hydrogens (primary N) is 1. The van der Waals surface area contributed by atoms with E-state index >= 15 is 0 Å². The number of hydrogen-bond acceptors (Lipinski definition) is 3. The van der Waals surface area contributed by atoms with Gasteiger partial charge in [-0.05, 0) is 29.8 Å². The number of benzene rings is 2. The Kier molecular flexibility index (Phi) is 9.96. The quantitative estimate of drug-likeness (QED) is 0.255. The van der Waals surface area contributed by atoms with Gasteiger partial charge in [-0.15, -0.1) is 24.0 Å². The Bertz CT molecular complexity index is 714. The number of nitrogens with one attached hydrogen (secondary N) is 1. The number of anilines is 1. The molecule has 0 spiro atoms. The van der Waals surface area contributed by atoms with E-state index in [0.29, 0.717) is 35.8 Å². The Balaban J connectivity index is 0.00000312. The molecular formula is C17H20Cl2IN3O2. The summed E-state index contributed by atoms with van der Waals surface area (Å²) in [6.07, 6.45) is 0. The molecule has 0 fully saturated rings. The highest BCUT2D eigenvalue weighted by Gasteiger charge is 2.01. The standard InChI is InChI=1S/C17H19Cl2N3O2.HI/c1-23-15-4-2-3-14(10-15)22-17(20)21-7-8-24-11-12-5-6-13(18)9-16(12)19;/h2-6,9-10H,7-8,11H2,1H3,(H3,20,21,22);1H. The number of aliphatic imine (C=N–C) groups is 1. The van der Waals surface area contributed by atoms with Gasteiger partial charge in [-0.1, -0.05) is 35.3 Å². The Hall–Kier alpha value is -1.22. The van der Waals surface area contributed by atoms with Crippen molar-refractivity contribution < 1.29 is 9.47 Å². The molecule has 0 aliphatic rings.